The molecule has 0 aliphatic carbocycles. The van der Waals surface area contributed by atoms with E-state index in [1.165, 1.54) is 11.3 Å². The Morgan fingerprint density at radius 3 is 2.95 bits per heavy atom. The van der Waals surface area contributed by atoms with E-state index in [1.807, 2.05) is 0 Å². The minimum atomic E-state index is 0.311. The third kappa shape index (κ3) is 2.58. The molecule has 2 aromatic rings. The molecule has 0 spiro atoms. The Morgan fingerprint density at radius 1 is 1.38 bits per heavy atom. The summed E-state index contributed by atoms with van der Waals surface area (Å²) in [5.74, 6) is 1.63. The van der Waals surface area contributed by atoms with Crippen molar-refractivity contribution in [2.45, 2.75) is 58.2 Å². The maximum Gasteiger partial charge on any atom is 0.115 e. The van der Waals surface area contributed by atoms with Crippen molar-refractivity contribution >= 4 is 11.0 Å². The van der Waals surface area contributed by atoms with Gasteiger partial charge >= 0.3 is 0 Å². The number of nitrogens with zero attached hydrogens (tertiary/aromatic N) is 2. The van der Waals surface area contributed by atoms with Gasteiger partial charge in [0.25, 0.3) is 0 Å². The number of hydrogen-bond acceptors (Lipinski definition) is 3. The predicted molar refractivity (Wildman–Crippen MR) is 85.3 cm³/mol. The molecular weight excluding hydrogens is 262 g/mol. The second kappa shape index (κ2) is 6.16. The molecule has 2 atom stereocenters. The van der Waals surface area contributed by atoms with Crippen LogP contribution in [0.1, 0.15) is 50.4 Å². The fraction of sp³-hybridized carbons (Fsp3) is 0.588. The number of aromatic nitrogens is 2. The smallest absolute Gasteiger partial charge is 0.115 e. The van der Waals surface area contributed by atoms with E-state index < -0.39 is 0 Å². The van der Waals surface area contributed by atoms with Crippen molar-refractivity contribution in [1.29, 1.82) is 0 Å². The SMILES string of the molecule is CCCn1c(C2CCOC2CC)nc2cc(CN)ccc21. The molecule has 2 unspecified atom stereocenters. The second-order valence-electron chi connectivity index (χ2n) is 5.86. The Bertz CT molecular complexity index is 620. The van der Waals surface area contributed by atoms with Gasteiger partial charge in [-0.05, 0) is 37.0 Å². The zero-order valence-electron chi connectivity index (χ0n) is 13.0. The summed E-state index contributed by atoms with van der Waals surface area (Å²) in [5.41, 5.74) is 9.20. The summed E-state index contributed by atoms with van der Waals surface area (Å²) in [4.78, 5) is 4.95. The fourth-order valence-corrected chi connectivity index (χ4v) is 3.41. The molecule has 1 aliphatic rings. The monoisotopic (exact) mass is 287 g/mol. The number of hydrogen-bond donors (Lipinski definition) is 1. The Kier molecular flexibility index (Phi) is 4.27. The molecule has 114 valence electrons. The first-order valence-electron chi connectivity index (χ1n) is 8.09. The number of benzene rings is 1. The minimum absolute atomic E-state index is 0.311. The highest BCUT2D eigenvalue weighted by atomic mass is 16.5. The van der Waals surface area contributed by atoms with Crippen molar-refractivity contribution in [3.8, 4) is 0 Å². The average Bonchev–Trinajstić information content (AvgIpc) is 3.11. The van der Waals surface area contributed by atoms with Crippen LogP contribution in [-0.2, 0) is 17.8 Å². The first-order valence-corrected chi connectivity index (χ1v) is 8.09. The van der Waals surface area contributed by atoms with Crippen LogP contribution in [0.5, 0.6) is 0 Å². The highest BCUT2D eigenvalue weighted by molar-refractivity contribution is 5.77. The van der Waals surface area contributed by atoms with Gasteiger partial charge in [-0.15, -0.1) is 0 Å². The number of ether oxygens (including phenoxy) is 1. The molecular formula is C17H25N3O. The summed E-state index contributed by atoms with van der Waals surface area (Å²) in [7, 11) is 0. The second-order valence-corrected chi connectivity index (χ2v) is 5.86. The highest BCUT2D eigenvalue weighted by Gasteiger charge is 2.32. The van der Waals surface area contributed by atoms with E-state index in [2.05, 4.69) is 36.6 Å². The van der Waals surface area contributed by atoms with Crippen LogP contribution in [-0.4, -0.2) is 22.3 Å². The normalized spacial score (nSPS) is 22.2. The zero-order valence-corrected chi connectivity index (χ0v) is 13.0. The van der Waals surface area contributed by atoms with Gasteiger partial charge in [-0.25, -0.2) is 4.98 Å². The average molecular weight is 287 g/mol. The Labute approximate surface area is 126 Å². The Balaban J connectivity index is 2.09. The molecule has 1 saturated heterocycles. The molecule has 4 nitrogen and oxygen atoms in total. The lowest BCUT2D eigenvalue weighted by Gasteiger charge is -2.18. The predicted octanol–water partition coefficient (Wildman–Crippen LogP) is 3.19. The maximum atomic E-state index is 5.87. The highest BCUT2D eigenvalue weighted by Crippen LogP contribution is 2.34. The number of fused-ring (bicyclic) bond motifs is 1. The van der Waals surface area contributed by atoms with Crippen LogP contribution in [0, 0.1) is 0 Å². The van der Waals surface area contributed by atoms with Gasteiger partial charge in [-0.3, -0.25) is 0 Å². The molecule has 21 heavy (non-hydrogen) atoms. The molecule has 2 heterocycles. The minimum Gasteiger partial charge on any atom is -0.377 e. The third-order valence-corrected chi connectivity index (χ3v) is 4.47. The van der Waals surface area contributed by atoms with E-state index in [0.29, 0.717) is 18.6 Å². The van der Waals surface area contributed by atoms with Crippen LogP contribution in [0.25, 0.3) is 11.0 Å². The van der Waals surface area contributed by atoms with Gasteiger partial charge in [0.05, 0.1) is 17.1 Å². The summed E-state index contributed by atoms with van der Waals surface area (Å²) in [6.45, 7) is 6.85. The molecule has 1 fully saturated rings. The van der Waals surface area contributed by atoms with Crippen molar-refractivity contribution in [3.63, 3.8) is 0 Å². The molecule has 0 bridgehead atoms. The first-order chi connectivity index (χ1) is 10.3. The van der Waals surface area contributed by atoms with E-state index in [1.54, 1.807) is 0 Å². The third-order valence-electron chi connectivity index (χ3n) is 4.47. The lowest BCUT2D eigenvalue weighted by molar-refractivity contribution is 0.0989. The topological polar surface area (TPSA) is 53.1 Å². The number of imidazole rings is 1. The first kappa shape index (κ1) is 14.5. The zero-order chi connectivity index (χ0) is 14.8. The Morgan fingerprint density at radius 2 is 2.24 bits per heavy atom. The van der Waals surface area contributed by atoms with Gasteiger partial charge in [0.2, 0.25) is 0 Å². The van der Waals surface area contributed by atoms with Gasteiger partial charge in [0.1, 0.15) is 5.82 Å². The van der Waals surface area contributed by atoms with Gasteiger partial charge < -0.3 is 15.0 Å². The number of nitrogens with two attached hydrogens (primary N) is 1. The molecule has 1 aliphatic heterocycles. The molecule has 3 rings (SSSR count). The molecule has 0 radical (unpaired) electrons. The molecule has 1 aromatic heterocycles. The van der Waals surface area contributed by atoms with Crippen LogP contribution in [0.15, 0.2) is 18.2 Å². The van der Waals surface area contributed by atoms with Gasteiger partial charge in [0.15, 0.2) is 0 Å². The molecule has 4 heteroatoms. The van der Waals surface area contributed by atoms with Gasteiger partial charge in [-0.1, -0.05) is 19.9 Å². The lowest BCUT2D eigenvalue weighted by atomic mass is 9.98. The summed E-state index contributed by atoms with van der Waals surface area (Å²) in [6.07, 6.45) is 3.55. The van der Waals surface area contributed by atoms with Crippen LogP contribution in [0.3, 0.4) is 0 Å². The Hall–Kier alpha value is -1.39. The number of aryl methyl sites for hydroxylation is 1. The van der Waals surface area contributed by atoms with Crippen LogP contribution < -0.4 is 5.73 Å². The summed E-state index contributed by atoms with van der Waals surface area (Å²) in [5, 5.41) is 0. The van der Waals surface area contributed by atoms with Gasteiger partial charge in [0, 0.05) is 25.6 Å². The van der Waals surface area contributed by atoms with Crippen molar-refractivity contribution in [3.05, 3.63) is 29.6 Å². The number of rotatable bonds is 5. The maximum absolute atomic E-state index is 5.87. The van der Waals surface area contributed by atoms with E-state index in [4.69, 9.17) is 15.5 Å². The van der Waals surface area contributed by atoms with E-state index >= 15 is 0 Å². The molecule has 0 saturated carbocycles. The summed E-state index contributed by atoms with van der Waals surface area (Å²) >= 11 is 0. The van der Waals surface area contributed by atoms with E-state index in [9.17, 15) is 0 Å². The van der Waals surface area contributed by atoms with E-state index in [-0.39, 0.29) is 0 Å². The van der Waals surface area contributed by atoms with Gasteiger partial charge in [-0.2, -0.15) is 0 Å². The summed E-state index contributed by atoms with van der Waals surface area (Å²) < 4.78 is 8.26. The quantitative estimate of drug-likeness (QED) is 0.919. The van der Waals surface area contributed by atoms with Crippen molar-refractivity contribution in [1.82, 2.24) is 9.55 Å². The summed E-state index contributed by atoms with van der Waals surface area (Å²) in [6, 6.07) is 6.41. The van der Waals surface area contributed by atoms with Crippen LogP contribution >= 0.6 is 0 Å². The van der Waals surface area contributed by atoms with E-state index in [0.717, 1.165) is 43.5 Å². The van der Waals surface area contributed by atoms with Crippen LogP contribution in [0.2, 0.25) is 0 Å². The molecule has 0 amide bonds. The molecule has 2 N–H and O–H groups in total. The van der Waals surface area contributed by atoms with Crippen molar-refractivity contribution in [2.75, 3.05) is 6.61 Å². The van der Waals surface area contributed by atoms with Crippen LogP contribution in [0.4, 0.5) is 0 Å². The lowest BCUT2D eigenvalue weighted by Crippen LogP contribution is -2.17. The largest absolute Gasteiger partial charge is 0.377 e. The van der Waals surface area contributed by atoms with Crippen molar-refractivity contribution < 1.29 is 4.74 Å². The van der Waals surface area contributed by atoms with Crippen molar-refractivity contribution in [2.24, 2.45) is 5.73 Å². The fourth-order valence-electron chi connectivity index (χ4n) is 3.41. The molecule has 1 aromatic carbocycles. The standard InChI is InChI=1S/C17H25N3O/c1-3-8-20-15-6-5-12(11-18)10-14(15)19-17(20)13-7-9-21-16(13)4-2/h5-6,10,13,16H,3-4,7-9,11,18H2,1-2H3.